The Morgan fingerprint density at radius 3 is 2.90 bits per heavy atom. The van der Waals surface area contributed by atoms with Crippen molar-refractivity contribution in [2.24, 2.45) is 0 Å². The van der Waals surface area contributed by atoms with Crippen LogP contribution in [0.5, 0.6) is 0 Å². The predicted molar refractivity (Wildman–Crippen MR) is 74.2 cm³/mol. The van der Waals surface area contributed by atoms with E-state index < -0.39 is 0 Å². The molecule has 20 heavy (non-hydrogen) atoms. The molecule has 0 saturated carbocycles. The fourth-order valence-corrected chi connectivity index (χ4v) is 2.60. The van der Waals surface area contributed by atoms with E-state index in [9.17, 15) is 9.59 Å². The number of likely N-dealkylation sites (tertiary alicyclic amines) is 1. The first-order valence-corrected chi connectivity index (χ1v) is 6.83. The van der Waals surface area contributed by atoms with Gasteiger partial charge in [0.2, 0.25) is 5.91 Å². The van der Waals surface area contributed by atoms with Gasteiger partial charge < -0.3 is 9.64 Å². The third kappa shape index (κ3) is 3.42. The van der Waals surface area contributed by atoms with Crippen LogP contribution in [0.15, 0.2) is 24.5 Å². The highest BCUT2D eigenvalue weighted by molar-refractivity contribution is 5.89. The fourth-order valence-electron chi connectivity index (χ4n) is 2.60. The maximum absolute atomic E-state index is 12.3. The maximum atomic E-state index is 12.3. The van der Waals surface area contributed by atoms with E-state index in [1.165, 1.54) is 6.92 Å². The molecule has 5 nitrogen and oxygen atoms in total. The number of ether oxygens (including phenoxy) is 1. The van der Waals surface area contributed by atoms with Crippen LogP contribution in [-0.4, -0.2) is 47.4 Å². The molecule has 1 saturated heterocycles. The molecule has 0 aliphatic carbocycles. The summed E-state index contributed by atoms with van der Waals surface area (Å²) in [5.41, 5.74) is 1.04. The van der Waals surface area contributed by atoms with Crippen LogP contribution in [0.2, 0.25) is 0 Å². The minimum absolute atomic E-state index is 0.0359. The first kappa shape index (κ1) is 14.7. The van der Waals surface area contributed by atoms with Gasteiger partial charge in [0, 0.05) is 45.8 Å². The first-order chi connectivity index (χ1) is 9.61. The number of nitrogens with zero attached hydrogens (tertiary/aromatic N) is 2. The second-order valence-electron chi connectivity index (χ2n) is 5.11. The third-order valence-corrected chi connectivity index (χ3v) is 3.76. The standard InChI is InChI=1S/C15H20N2O3/c1-11(18)17-10-13(20-2)8-14(17)15(19)6-5-12-4-3-7-16-9-12/h3-4,7,9,13-14H,5-6,8,10H2,1-2H3. The Morgan fingerprint density at radius 2 is 2.30 bits per heavy atom. The summed E-state index contributed by atoms with van der Waals surface area (Å²) >= 11 is 0. The largest absolute Gasteiger partial charge is 0.380 e. The van der Waals surface area contributed by atoms with E-state index in [1.807, 2.05) is 12.1 Å². The highest BCUT2D eigenvalue weighted by Gasteiger charge is 2.37. The van der Waals surface area contributed by atoms with Gasteiger partial charge in [0.25, 0.3) is 0 Å². The molecular weight excluding hydrogens is 256 g/mol. The van der Waals surface area contributed by atoms with Crippen molar-refractivity contribution in [2.45, 2.75) is 38.3 Å². The number of hydrogen-bond donors (Lipinski definition) is 0. The molecule has 1 fully saturated rings. The Kier molecular flexibility index (Phi) is 4.84. The van der Waals surface area contributed by atoms with E-state index in [0.717, 1.165) is 5.56 Å². The lowest BCUT2D eigenvalue weighted by molar-refractivity contribution is -0.136. The minimum Gasteiger partial charge on any atom is -0.380 e. The number of rotatable bonds is 5. The predicted octanol–water partition coefficient (Wildman–Crippen LogP) is 1.22. The number of amides is 1. The number of ketones is 1. The van der Waals surface area contributed by atoms with Gasteiger partial charge in [0.15, 0.2) is 5.78 Å². The van der Waals surface area contributed by atoms with Crippen molar-refractivity contribution in [2.75, 3.05) is 13.7 Å². The molecule has 0 bridgehead atoms. The number of methoxy groups -OCH3 is 1. The summed E-state index contributed by atoms with van der Waals surface area (Å²) in [6, 6.07) is 3.47. The van der Waals surface area contributed by atoms with Crippen molar-refractivity contribution >= 4 is 11.7 Å². The van der Waals surface area contributed by atoms with Crippen LogP contribution in [0.25, 0.3) is 0 Å². The summed E-state index contributed by atoms with van der Waals surface area (Å²) < 4.78 is 5.28. The molecule has 1 aromatic rings. The molecular formula is C15H20N2O3. The number of pyridine rings is 1. The van der Waals surface area contributed by atoms with Gasteiger partial charge >= 0.3 is 0 Å². The van der Waals surface area contributed by atoms with Gasteiger partial charge in [0.1, 0.15) is 0 Å². The topological polar surface area (TPSA) is 59.5 Å². The summed E-state index contributed by atoms with van der Waals surface area (Å²) in [6.45, 7) is 2.01. The summed E-state index contributed by atoms with van der Waals surface area (Å²) in [6.07, 6.45) is 5.13. The Labute approximate surface area is 118 Å². The average Bonchev–Trinajstić information content (AvgIpc) is 2.90. The maximum Gasteiger partial charge on any atom is 0.220 e. The molecule has 1 aliphatic heterocycles. The highest BCUT2D eigenvalue weighted by atomic mass is 16.5. The molecule has 108 valence electrons. The van der Waals surface area contributed by atoms with Gasteiger partial charge in [-0.25, -0.2) is 0 Å². The second kappa shape index (κ2) is 6.61. The summed E-state index contributed by atoms with van der Waals surface area (Å²) in [7, 11) is 1.62. The highest BCUT2D eigenvalue weighted by Crippen LogP contribution is 2.22. The fraction of sp³-hybridized carbons (Fsp3) is 0.533. The Morgan fingerprint density at radius 1 is 1.50 bits per heavy atom. The molecule has 0 spiro atoms. The van der Waals surface area contributed by atoms with E-state index in [-0.39, 0.29) is 23.8 Å². The Bertz CT molecular complexity index is 475. The van der Waals surface area contributed by atoms with Gasteiger partial charge in [0.05, 0.1) is 12.1 Å². The van der Waals surface area contributed by atoms with Crippen LogP contribution in [-0.2, 0) is 20.7 Å². The molecule has 1 amide bonds. The molecule has 5 heteroatoms. The number of Topliss-reactive ketones (excluding diaryl/α,β-unsaturated/α-hetero) is 1. The quantitative estimate of drug-likeness (QED) is 0.811. The molecule has 0 aromatic carbocycles. The third-order valence-electron chi connectivity index (χ3n) is 3.76. The van der Waals surface area contributed by atoms with Gasteiger partial charge in [-0.05, 0) is 18.1 Å². The molecule has 2 rings (SSSR count). The molecule has 1 aliphatic rings. The molecule has 0 radical (unpaired) electrons. The Balaban J connectivity index is 1.95. The number of hydrogen-bond acceptors (Lipinski definition) is 4. The zero-order valence-electron chi connectivity index (χ0n) is 11.9. The summed E-state index contributed by atoms with van der Waals surface area (Å²) in [5, 5.41) is 0. The average molecular weight is 276 g/mol. The van der Waals surface area contributed by atoms with Crippen molar-refractivity contribution in [3.63, 3.8) is 0 Å². The molecule has 2 atom stereocenters. The van der Waals surface area contributed by atoms with Gasteiger partial charge in [-0.3, -0.25) is 14.6 Å². The molecule has 2 heterocycles. The van der Waals surface area contributed by atoms with Crippen LogP contribution >= 0.6 is 0 Å². The lowest BCUT2D eigenvalue weighted by atomic mass is 10.0. The first-order valence-electron chi connectivity index (χ1n) is 6.83. The monoisotopic (exact) mass is 276 g/mol. The zero-order valence-corrected chi connectivity index (χ0v) is 11.9. The van der Waals surface area contributed by atoms with Gasteiger partial charge in [-0.2, -0.15) is 0 Å². The lowest BCUT2D eigenvalue weighted by Gasteiger charge is -2.21. The van der Waals surface area contributed by atoms with Crippen molar-refractivity contribution < 1.29 is 14.3 Å². The van der Waals surface area contributed by atoms with E-state index in [0.29, 0.717) is 25.8 Å². The zero-order chi connectivity index (χ0) is 14.5. The van der Waals surface area contributed by atoms with Crippen molar-refractivity contribution in [3.05, 3.63) is 30.1 Å². The molecule has 1 aromatic heterocycles. The van der Waals surface area contributed by atoms with E-state index >= 15 is 0 Å². The lowest BCUT2D eigenvalue weighted by Crippen LogP contribution is -2.39. The normalized spacial score (nSPS) is 22.0. The smallest absolute Gasteiger partial charge is 0.220 e. The van der Waals surface area contributed by atoms with E-state index in [2.05, 4.69) is 4.98 Å². The van der Waals surface area contributed by atoms with Crippen LogP contribution < -0.4 is 0 Å². The number of aryl methyl sites for hydroxylation is 1. The Hall–Kier alpha value is -1.75. The number of aromatic nitrogens is 1. The van der Waals surface area contributed by atoms with Gasteiger partial charge in [-0.15, -0.1) is 0 Å². The van der Waals surface area contributed by atoms with Crippen LogP contribution in [0, 0.1) is 0 Å². The van der Waals surface area contributed by atoms with Crippen molar-refractivity contribution in [1.29, 1.82) is 0 Å². The van der Waals surface area contributed by atoms with Crippen molar-refractivity contribution in [1.82, 2.24) is 9.88 Å². The van der Waals surface area contributed by atoms with Crippen molar-refractivity contribution in [3.8, 4) is 0 Å². The molecule has 0 N–H and O–H groups in total. The van der Waals surface area contributed by atoms with Crippen LogP contribution in [0.3, 0.4) is 0 Å². The summed E-state index contributed by atoms with van der Waals surface area (Å²) in [4.78, 5) is 29.6. The van der Waals surface area contributed by atoms with E-state index in [4.69, 9.17) is 4.74 Å². The minimum atomic E-state index is -0.339. The number of carbonyl (C=O) groups excluding carboxylic acids is 2. The summed E-state index contributed by atoms with van der Waals surface area (Å²) in [5.74, 6) is 0.0351. The second-order valence-corrected chi connectivity index (χ2v) is 5.11. The number of carbonyl (C=O) groups is 2. The van der Waals surface area contributed by atoms with Crippen LogP contribution in [0.1, 0.15) is 25.3 Å². The van der Waals surface area contributed by atoms with E-state index in [1.54, 1.807) is 24.4 Å². The van der Waals surface area contributed by atoms with Crippen LogP contribution in [0.4, 0.5) is 0 Å². The SMILES string of the molecule is COC1CC(C(=O)CCc2cccnc2)N(C(C)=O)C1. The van der Waals surface area contributed by atoms with Gasteiger partial charge in [-0.1, -0.05) is 6.07 Å². The molecule has 2 unspecified atom stereocenters.